The van der Waals surface area contributed by atoms with Crippen molar-refractivity contribution in [2.45, 2.75) is 31.8 Å². The van der Waals surface area contributed by atoms with Crippen LogP contribution in [0.2, 0.25) is 0 Å². The van der Waals surface area contributed by atoms with Gasteiger partial charge in [0.1, 0.15) is 11.3 Å². The number of hydrogen-bond donors (Lipinski definition) is 2. The first-order valence-corrected chi connectivity index (χ1v) is 11.6. The Morgan fingerprint density at radius 2 is 1.97 bits per heavy atom. The van der Waals surface area contributed by atoms with Crippen molar-refractivity contribution in [3.8, 4) is 11.3 Å². The highest BCUT2D eigenvalue weighted by Gasteiger charge is 2.21. The van der Waals surface area contributed by atoms with Gasteiger partial charge in [0.05, 0.1) is 17.1 Å². The van der Waals surface area contributed by atoms with Crippen LogP contribution in [0.15, 0.2) is 63.2 Å². The van der Waals surface area contributed by atoms with Crippen LogP contribution in [-0.2, 0) is 17.1 Å². The van der Waals surface area contributed by atoms with Gasteiger partial charge >= 0.3 is 0 Å². The van der Waals surface area contributed by atoms with E-state index in [1.165, 1.54) is 6.20 Å². The quantitative estimate of drug-likeness (QED) is 0.477. The number of aromatic nitrogens is 2. The highest BCUT2D eigenvalue weighted by atomic mass is 32.2. The van der Waals surface area contributed by atoms with Gasteiger partial charge in [-0.25, -0.2) is 18.5 Å². The largest absolute Gasteiger partial charge is 0.455 e. The van der Waals surface area contributed by atoms with Gasteiger partial charge in [-0.2, -0.15) is 0 Å². The Kier molecular flexibility index (Phi) is 5.39. The number of anilines is 1. The molecule has 0 amide bonds. The highest BCUT2D eigenvalue weighted by molar-refractivity contribution is 7.89. The molecule has 0 fully saturated rings. The summed E-state index contributed by atoms with van der Waals surface area (Å²) in [6, 6.07) is 8.42. The zero-order chi connectivity index (χ0) is 23.2. The van der Waals surface area contributed by atoms with Gasteiger partial charge in [0.2, 0.25) is 0 Å². The molecule has 4 rings (SSSR count). The third kappa shape index (κ3) is 3.92. The molecule has 0 saturated carbocycles. The molecule has 0 bridgehead atoms. The molecular weight excluding hydrogens is 428 g/mol. The molecule has 0 saturated heterocycles. The second-order valence-electron chi connectivity index (χ2n) is 7.95. The van der Waals surface area contributed by atoms with Gasteiger partial charge in [0.15, 0.2) is 10.5 Å². The lowest BCUT2D eigenvalue weighted by Gasteiger charge is -2.19. The van der Waals surface area contributed by atoms with E-state index in [-0.39, 0.29) is 16.1 Å². The van der Waals surface area contributed by atoms with E-state index in [2.05, 4.69) is 10.3 Å². The van der Waals surface area contributed by atoms with Crippen LogP contribution >= 0.6 is 0 Å². The molecule has 0 aliphatic carbocycles. The lowest BCUT2D eigenvalue weighted by molar-refractivity contribution is 0.594. The zero-order valence-electron chi connectivity index (χ0n) is 18.2. The number of hydrogen-bond acceptors (Lipinski definition) is 6. The molecule has 0 radical (unpaired) electrons. The minimum atomic E-state index is -4.01. The summed E-state index contributed by atoms with van der Waals surface area (Å²) in [6.45, 7) is 5.51. The van der Waals surface area contributed by atoms with E-state index in [1.54, 1.807) is 25.1 Å². The monoisotopic (exact) mass is 452 g/mol. The van der Waals surface area contributed by atoms with Crippen molar-refractivity contribution >= 4 is 26.7 Å². The Balaban J connectivity index is 1.90. The topological polar surface area (TPSA) is 120 Å². The maximum Gasteiger partial charge on any atom is 0.257 e. The van der Waals surface area contributed by atoms with Crippen molar-refractivity contribution in [1.29, 1.82) is 0 Å². The fourth-order valence-electron chi connectivity index (χ4n) is 3.84. The van der Waals surface area contributed by atoms with Crippen LogP contribution in [0.3, 0.4) is 0 Å². The van der Waals surface area contributed by atoms with E-state index in [0.717, 1.165) is 16.7 Å². The molecule has 32 heavy (non-hydrogen) atoms. The van der Waals surface area contributed by atoms with Crippen LogP contribution < -0.4 is 15.9 Å². The SMILES string of the molecule is Cc1cc([C@@H](C)Nc2cccnc2S(N)(=O)=O)c2oc(-c3ccn(C)c3)c(C)c(=O)c2c1. The molecule has 3 N–H and O–H groups in total. The van der Waals surface area contributed by atoms with Gasteiger partial charge in [0, 0.05) is 42.3 Å². The first-order valence-electron chi connectivity index (χ1n) is 10.0. The normalized spacial score (nSPS) is 12.8. The van der Waals surface area contributed by atoms with E-state index < -0.39 is 16.1 Å². The molecule has 9 heteroatoms. The second-order valence-corrected chi connectivity index (χ2v) is 9.43. The third-order valence-corrected chi connectivity index (χ3v) is 6.23. The standard InChI is InChI=1S/C23H24N4O4S/c1-13-10-17(15(3)26-19-6-5-8-25-23(19)32(24,29)30)22-18(11-13)20(28)14(2)21(31-22)16-7-9-27(4)12-16/h5-12,15,26H,1-4H3,(H2,24,29,30)/t15-/m1/s1. The number of primary sulfonamides is 1. The number of fused-ring (bicyclic) bond motifs is 1. The summed E-state index contributed by atoms with van der Waals surface area (Å²) in [5, 5.41) is 8.71. The van der Waals surface area contributed by atoms with Crippen molar-refractivity contribution in [1.82, 2.24) is 9.55 Å². The maximum atomic E-state index is 13.2. The summed E-state index contributed by atoms with van der Waals surface area (Å²) in [4.78, 5) is 17.1. The number of rotatable bonds is 5. The predicted octanol–water partition coefficient (Wildman–Crippen LogP) is 3.63. The molecule has 1 atom stereocenters. The molecule has 0 unspecified atom stereocenters. The Morgan fingerprint density at radius 1 is 1.22 bits per heavy atom. The van der Waals surface area contributed by atoms with Gasteiger partial charge in [0.25, 0.3) is 10.0 Å². The molecule has 3 aromatic heterocycles. The fraction of sp³-hybridized carbons (Fsp3) is 0.217. The van der Waals surface area contributed by atoms with Crippen molar-refractivity contribution in [2.75, 3.05) is 5.32 Å². The molecule has 0 spiro atoms. The highest BCUT2D eigenvalue weighted by Crippen LogP contribution is 2.32. The van der Waals surface area contributed by atoms with Crippen LogP contribution in [0.5, 0.6) is 0 Å². The summed E-state index contributed by atoms with van der Waals surface area (Å²) < 4.78 is 32.1. The third-order valence-electron chi connectivity index (χ3n) is 5.37. The maximum absolute atomic E-state index is 13.2. The minimum absolute atomic E-state index is 0.103. The van der Waals surface area contributed by atoms with E-state index in [1.807, 2.05) is 50.0 Å². The predicted molar refractivity (Wildman–Crippen MR) is 124 cm³/mol. The second kappa shape index (κ2) is 7.92. The number of nitrogens with two attached hydrogens (primary N) is 1. The van der Waals surface area contributed by atoms with E-state index in [0.29, 0.717) is 22.3 Å². The Hall–Kier alpha value is -3.43. The Morgan fingerprint density at radius 3 is 2.62 bits per heavy atom. The first-order chi connectivity index (χ1) is 15.1. The lowest BCUT2D eigenvalue weighted by Crippen LogP contribution is -2.18. The van der Waals surface area contributed by atoms with E-state index >= 15 is 0 Å². The Bertz CT molecular complexity index is 1500. The van der Waals surface area contributed by atoms with E-state index in [4.69, 9.17) is 9.56 Å². The molecule has 0 aliphatic heterocycles. The number of pyridine rings is 1. The first kappa shape index (κ1) is 21.8. The van der Waals surface area contributed by atoms with Crippen LogP contribution in [0.4, 0.5) is 5.69 Å². The number of nitrogens with zero attached hydrogens (tertiary/aromatic N) is 2. The average Bonchev–Trinajstić information content (AvgIpc) is 3.16. The number of benzene rings is 1. The van der Waals surface area contributed by atoms with Gasteiger partial charge in [-0.15, -0.1) is 0 Å². The lowest BCUT2D eigenvalue weighted by atomic mass is 9.99. The van der Waals surface area contributed by atoms with Gasteiger partial charge in [-0.3, -0.25) is 4.79 Å². The number of aryl methyl sites for hydroxylation is 2. The minimum Gasteiger partial charge on any atom is -0.455 e. The van der Waals surface area contributed by atoms with Gasteiger partial charge in [-0.05, 0) is 50.6 Å². The molecule has 3 heterocycles. The van der Waals surface area contributed by atoms with Gasteiger partial charge in [-0.1, -0.05) is 6.07 Å². The van der Waals surface area contributed by atoms with Crippen LogP contribution in [0, 0.1) is 13.8 Å². The summed E-state index contributed by atoms with van der Waals surface area (Å²) in [7, 11) is -2.12. The van der Waals surface area contributed by atoms with Crippen molar-refractivity contribution in [2.24, 2.45) is 12.2 Å². The Labute approximate surface area is 185 Å². The van der Waals surface area contributed by atoms with Crippen LogP contribution in [0.25, 0.3) is 22.3 Å². The summed E-state index contributed by atoms with van der Waals surface area (Å²) in [6.07, 6.45) is 5.14. The van der Waals surface area contributed by atoms with E-state index in [9.17, 15) is 13.2 Å². The summed E-state index contributed by atoms with van der Waals surface area (Å²) >= 11 is 0. The molecule has 4 aromatic rings. The number of sulfonamides is 1. The molecule has 0 aliphatic rings. The molecule has 8 nitrogen and oxygen atoms in total. The molecular formula is C23H24N4O4S. The summed E-state index contributed by atoms with van der Waals surface area (Å²) in [5.74, 6) is 0.506. The fourth-order valence-corrected chi connectivity index (χ4v) is 4.48. The number of nitrogens with one attached hydrogen (secondary N) is 1. The molecule has 1 aromatic carbocycles. The average molecular weight is 453 g/mol. The van der Waals surface area contributed by atoms with Crippen LogP contribution in [0.1, 0.15) is 29.7 Å². The summed E-state index contributed by atoms with van der Waals surface area (Å²) in [5.41, 5.74) is 3.57. The van der Waals surface area contributed by atoms with Gasteiger partial charge < -0.3 is 14.3 Å². The van der Waals surface area contributed by atoms with Crippen molar-refractivity contribution < 1.29 is 12.8 Å². The van der Waals surface area contributed by atoms with Crippen molar-refractivity contribution in [3.63, 3.8) is 0 Å². The zero-order valence-corrected chi connectivity index (χ0v) is 19.0. The molecule has 166 valence electrons. The smallest absolute Gasteiger partial charge is 0.257 e. The van der Waals surface area contributed by atoms with Crippen LogP contribution in [-0.4, -0.2) is 18.0 Å². The van der Waals surface area contributed by atoms with Crippen molar-refractivity contribution in [3.05, 3.63) is 75.8 Å².